The summed E-state index contributed by atoms with van der Waals surface area (Å²) in [6.45, 7) is 8.87. The van der Waals surface area contributed by atoms with Crippen molar-refractivity contribution in [2.45, 2.75) is 26.8 Å². The lowest BCUT2D eigenvalue weighted by Gasteiger charge is -2.12. The zero-order chi connectivity index (χ0) is 19.5. The molecule has 0 atom stereocenters. The highest BCUT2D eigenvalue weighted by atomic mass is 16.6. The molecule has 0 aliphatic rings. The first-order chi connectivity index (χ1) is 13.2. The van der Waals surface area contributed by atoms with E-state index in [-0.39, 0.29) is 6.61 Å². The van der Waals surface area contributed by atoms with Crippen LogP contribution in [0.2, 0.25) is 0 Å². The van der Waals surface area contributed by atoms with Gasteiger partial charge >= 0.3 is 0 Å². The third-order valence-electron chi connectivity index (χ3n) is 3.77. The maximum absolute atomic E-state index is 8.99. The topological polar surface area (TPSA) is 72.6 Å². The molecule has 0 spiro atoms. The second-order valence-electron chi connectivity index (χ2n) is 5.66. The average Bonchev–Trinajstić information content (AvgIpc) is 2.68. The molecule has 0 bridgehead atoms. The molecule has 0 aliphatic heterocycles. The first-order valence-corrected chi connectivity index (χ1v) is 8.98. The van der Waals surface area contributed by atoms with E-state index in [0.717, 1.165) is 16.7 Å². The normalized spacial score (nSPS) is 11.1. The van der Waals surface area contributed by atoms with E-state index in [2.05, 4.69) is 16.9 Å². The van der Waals surface area contributed by atoms with Gasteiger partial charge in [-0.15, -0.1) is 0 Å². The molecule has 0 amide bonds. The zero-order valence-electron chi connectivity index (χ0n) is 15.9. The first-order valence-electron chi connectivity index (χ1n) is 8.98. The molecule has 6 heteroatoms. The van der Waals surface area contributed by atoms with Crippen LogP contribution in [0.3, 0.4) is 0 Å². The Labute approximate surface area is 160 Å². The number of rotatable bonds is 10. The molecular formula is C21H26N2O4. The van der Waals surface area contributed by atoms with Crippen molar-refractivity contribution in [2.24, 2.45) is 10.1 Å². The van der Waals surface area contributed by atoms with Crippen LogP contribution in [-0.2, 0) is 17.8 Å². The van der Waals surface area contributed by atoms with E-state index in [0.29, 0.717) is 43.6 Å². The molecular weight excluding hydrogens is 344 g/mol. The van der Waals surface area contributed by atoms with Crippen molar-refractivity contribution >= 4 is 12.6 Å². The van der Waals surface area contributed by atoms with E-state index in [4.69, 9.17) is 19.4 Å². The quantitative estimate of drug-likeness (QED) is 0.394. The van der Waals surface area contributed by atoms with Crippen LogP contribution in [-0.4, -0.2) is 37.5 Å². The minimum Gasteiger partial charge on any atom is -0.490 e. The van der Waals surface area contributed by atoms with Gasteiger partial charge in [0.25, 0.3) is 5.90 Å². The highest BCUT2D eigenvalue weighted by Gasteiger charge is 2.12. The van der Waals surface area contributed by atoms with E-state index in [1.165, 1.54) is 0 Å². The second kappa shape index (κ2) is 11.0. The summed E-state index contributed by atoms with van der Waals surface area (Å²) in [7, 11) is 0. The fourth-order valence-corrected chi connectivity index (χ4v) is 2.52. The van der Waals surface area contributed by atoms with Gasteiger partial charge in [-0.1, -0.05) is 29.4 Å². The summed E-state index contributed by atoms with van der Waals surface area (Å²) in [5.74, 6) is 1.66. The average molecular weight is 370 g/mol. The van der Waals surface area contributed by atoms with E-state index in [9.17, 15) is 0 Å². The van der Waals surface area contributed by atoms with Crippen molar-refractivity contribution < 1.29 is 19.4 Å². The van der Waals surface area contributed by atoms with Crippen molar-refractivity contribution in [1.82, 2.24) is 0 Å². The van der Waals surface area contributed by atoms with E-state index in [1.807, 2.05) is 56.3 Å². The number of ether oxygens (including phenoxy) is 2. The highest BCUT2D eigenvalue weighted by molar-refractivity contribution is 5.94. The number of aliphatic imine (C=N–C) groups is 1. The molecule has 0 unspecified atom stereocenters. The monoisotopic (exact) mass is 370 g/mol. The lowest BCUT2D eigenvalue weighted by Crippen LogP contribution is -2.06. The number of nitrogens with zero attached hydrogens (tertiary/aromatic N) is 2. The summed E-state index contributed by atoms with van der Waals surface area (Å²) in [4.78, 5) is 9.80. The number of aliphatic hydroxyl groups excluding tert-OH is 1. The number of benzene rings is 2. The molecule has 144 valence electrons. The van der Waals surface area contributed by atoms with Crippen molar-refractivity contribution in [2.75, 3.05) is 19.8 Å². The van der Waals surface area contributed by atoms with Crippen molar-refractivity contribution in [1.29, 1.82) is 0 Å². The van der Waals surface area contributed by atoms with Crippen LogP contribution in [0, 0.1) is 0 Å². The molecule has 2 rings (SSSR count). The molecule has 2 aromatic carbocycles. The molecule has 0 aromatic heterocycles. The van der Waals surface area contributed by atoms with Gasteiger partial charge in [-0.25, -0.2) is 4.99 Å². The van der Waals surface area contributed by atoms with Gasteiger partial charge < -0.3 is 19.4 Å². The minimum atomic E-state index is 0.139. The molecule has 6 nitrogen and oxygen atoms in total. The van der Waals surface area contributed by atoms with E-state index in [1.54, 1.807) is 0 Å². The Morgan fingerprint density at radius 3 is 2.26 bits per heavy atom. The fourth-order valence-electron chi connectivity index (χ4n) is 2.52. The van der Waals surface area contributed by atoms with Crippen LogP contribution in [0.1, 0.15) is 30.5 Å². The van der Waals surface area contributed by atoms with Crippen LogP contribution in [0.5, 0.6) is 11.5 Å². The highest BCUT2D eigenvalue weighted by Crippen LogP contribution is 2.29. The van der Waals surface area contributed by atoms with Gasteiger partial charge in [0.1, 0.15) is 0 Å². The fraction of sp³-hybridized carbons (Fsp3) is 0.333. The lowest BCUT2D eigenvalue weighted by molar-refractivity contribution is 0.287. The Kier molecular flexibility index (Phi) is 8.32. The van der Waals surface area contributed by atoms with Gasteiger partial charge in [-0.05, 0) is 49.6 Å². The Balaban J connectivity index is 2.23. The van der Waals surface area contributed by atoms with Gasteiger partial charge in [0.2, 0.25) is 0 Å². The van der Waals surface area contributed by atoms with Crippen LogP contribution in [0.15, 0.2) is 52.6 Å². The lowest BCUT2D eigenvalue weighted by atomic mass is 10.1. The van der Waals surface area contributed by atoms with E-state index < -0.39 is 0 Å². The third kappa shape index (κ3) is 6.11. The third-order valence-corrected chi connectivity index (χ3v) is 3.77. The number of hydrogen-bond donors (Lipinski definition) is 1. The summed E-state index contributed by atoms with van der Waals surface area (Å²) < 4.78 is 11.2. The molecule has 0 fully saturated rings. The minimum absolute atomic E-state index is 0.139. The van der Waals surface area contributed by atoms with Crippen LogP contribution < -0.4 is 9.47 Å². The Morgan fingerprint density at radius 1 is 0.963 bits per heavy atom. The predicted molar refractivity (Wildman–Crippen MR) is 107 cm³/mol. The van der Waals surface area contributed by atoms with Crippen molar-refractivity contribution in [3.05, 3.63) is 59.2 Å². The summed E-state index contributed by atoms with van der Waals surface area (Å²) >= 11 is 0. The van der Waals surface area contributed by atoms with Gasteiger partial charge in [0.15, 0.2) is 11.5 Å². The SMILES string of the molecule is C=NOC(=NCc1ccc(CCO)cc1)c1ccc(OCC)c(OCC)c1. The van der Waals surface area contributed by atoms with Crippen molar-refractivity contribution in [3.63, 3.8) is 0 Å². The first kappa shape index (κ1) is 20.5. The summed E-state index contributed by atoms with van der Waals surface area (Å²) in [5, 5.41) is 12.5. The van der Waals surface area contributed by atoms with Crippen LogP contribution in [0.4, 0.5) is 0 Å². The summed E-state index contributed by atoms with van der Waals surface area (Å²) in [6.07, 6.45) is 0.644. The summed E-state index contributed by atoms with van der Waals surface area (Å²) in [6, 6.07) is 13.4. The molecule has 27 heavy (non-hydrogen) atoms. The Morgan fingerprint density at radius 2 is 1.63 bits per heavy atom. The largest absolute Gasteiger partial charge is 0.490 e. The maximum Gasteiger partial charge on any atom is 0.251 e. The van der Waals surface area contributed by atoms with Crippen LogP contribution >= 0.6 is 0 Å². The number of aliphatic hydroxyl groups is 1. The second-order valence-corrected chi connectivity index (χ2v) is 5.66. The maximum atomic E-state index is 8.99. The zero-order valence-corrected chi connectivity index (χ0v) is 15.9. The predicted octanol–water partition coefficient (Wildman–Crippen LogP) is 3.60. The molecule has 0 heterocycles. The Hall–Kier alpha value is -2.86. The van der Waals surface area contributed by atoms with Gasteiger partial charge in [-0.2, -0.15) is 0 Å². The van der Waals surface area contributed by atoms with Crippen molar-refractivity contribution in [3.8, 4) is 11.5 Å². The summed E-state index contributed by atoms with van der Waals surface area (Å²) in [5.41, 5.74) is 2.84. The van der Waals surface area contributed by atoms with Gasteiger partial charge in [0.05, 0.1) is 19.8 Å². The molecule has 0 saturated carbocycles. The number of oxime groups is 1. The molecule has 2 aromatic rings. The number of hydrogen-bond acceptors (Lipinski definition) is 6. The van der Waals surface area contributed by atoms with Crippen LogP contribution in [0.25, 0.3) is 0 Å². The van der Waals surface area contributed by atoms with E-state index >= 15 is 0 Å². The molecule has 0 radical (unpaired) electrons. The molecule has 0 aliphatic carbocycles. The Bertz CT molecular complexity index is 757. The molecule has 1 N–H and O–H groups in total. The molecule has 0 saturated heterocycles. The smallest absolute Gasteiger partial charge is 0.251 e. The van der Waals surface area contributed by atoms with Gasteiger partial charge in [0, 0.05) is 18.9 Å². The van der Waals surface area contributed by atoms with Gasteiger partial charge in [-0.3, -0.25) is 0 Å². The standard InChI is InChI=1S/C21H26N2O4/c1-4-25-19-11-10-18(14-20(19)26-5-2)21(27-22-3)23-15-17-8-6-16(7-9-17)12-13-24/h6-11,14,24H,3-5,12-13,15H2,1-2H3.